The molecule has 1 unspecified atom stereocenters. The summed E-state index contributed by atoms with van der Waals surface area (Å²) in [5, 5.41) is 0. The van der Waals surface area contributed by atoms with Crippen molar-refractivity contribution in [1.82, 2.24) is 0 Å². The van der Waals surface area contributed by atoms with Crippen LogP contribution in [0.5, 0.6) is 0 Å². The fourth-order valence-corrected chi connectivity index (χ4v) is 7.40. The molecule has 0 fully saturated rings. The smallest absolute Gasteiger partial charge is 0.269 e. The summed E-state index contributed by atoms with van der Waals surface area (Å²) in [5.74, 6) is 0. The standard InChI is InChI=1S/C13H21.C5H5.2FH.Zr/c1-6-7-8-13(5)9-10(2)11(3)12(13)4;1-2-4-5-3-1;;;/h6-8H2,1-5H3;1-3H,4H2;2*1H;. The molecule has 0 spiro atoms. The number of hydrogen-bond acceptors (Lipinski definition) is 0. The van der Waals surface area contributed by atoms with Crippen LogP contribution in [0.15, 0.2) is 41.5 Å². The first-order chi connectivity index (χ1) is 9.00. The van der Waals surface area contributed by atoms with E-state index in [0.717, 1.165) is 0 Å². The minimum absolute atomic E-state index is 0. The van der Waals surface area contributed by atoms with Crippen molar-refractivity contribution in [1.29, 1.82) is 0 Å². The molecule has 0 aromatic carbocycles. The number of unbranched alkanes of at least 4 members (excludes halogenated alkanes) is 1. The minimum Gasteiger partial charge on any atom is -0.269 e. The minimum atomic E-state index is -0.560. The van der Waals surface area contributed by atoms with Gasteiger partial charge in [-0.1, -0.05) is 0 Å². The first kappa shape index (κ1) is 20.7. The van der Waals surface area contributed by atoms with E-state index >= 15 is 0 Å². The van der Waals surface area contributed by atoms with Gasteiger partial charge in [0.25, 0.3) is 0 Å². The quantitative estimate of drug-likeness (QED) is 0.551. The van der Waals surface area contributed by atoms with Crippen LogP contribution in [0.4, 0.5) is 9.41 Å². The number of rotatable bonds is 5. The van der Waals surface area contributed by atoms with Crippen molar-refractivity contribution in [2.75, 3.05) is 0 Å². The molecule has 0 radical (unpaired) electrons. The summed E-state index contributed by atoms with van der Waals surface area (Å²) in [5.41, 5.74) is 5.26. The zero-order chi connectivity index (χ0) is 14.0. The molecule has 3 heteroatoms. The van der Waals surface area contributed by atoms with Gasteiger partial charge >= 0.3 is 130 Å². The molecule has 21 heavy (non-hydrogen) atoms. The SMILES string of the molecule is CCCCC1(C)C(C)=C(C)C(C)=[C]1[Zr][C]1=CC=CC1.F.F. The topological polar surface area (TPSA) is 0 Å². The molecule has 0 N–H and O–H groups in total. The van der Waals surface area contributed by atoms with Gasteiger partial charge in [0.1, 0.15) is 0 Å². The average Bonchev–Trinajstić information content (AvgIpc) is 2.96. The Kier molecular flexibility index (Phi) is 8.25. The monoisotopic (exact) mass is 372 g/mol. The maximum atomic E-state index is 2.51. The Balaban J connectivity index is 0.00000200. The van der Waals surface area contributed by atoms with E-state index in [1.165, 1.54) is 25.7 Å². The summed E-state index contributed by atoms with van der Waals surface area (Å²) in [4.78, 5) is 0. The second kappa shape index (κ2) is 8.37. The Labute approximate surface area is 139 Å². The van der Waals surface area contributed by atoms with Crippen molar-refractivity contribution in [2.24, 2.45) is 5.41 Å². The summed E-state index contributed by atoms with van der Waals surface area (Å²) in [6.07, 6.45) is 12.2. The number of hydrogen-bond donors (Lipinski definition) is 0. The summed E-state index contributed by atoms with van der Waals surface area (Å²) in [7, 11) is 0. The molecule has 0 bridgehead atoms. The van der Waals surface area contributed by atoms with Gasteiger partial charge in [-0.05, 0) is 0 Å². The van der Waals surface area contributed by atoms with Gasteiger partial charge < -0.3 is 0 Å². The van der Waals surface area contributed by atoms with Crippen LogP contribution in [-0.4, -0.2) is 0 Å². The van der Waals surface area contributed by atoms with Gasteiger partial charge in [0.15, 0.2) is 0 Å². The maximum absolute atomic E-state index is 2.51. The van der Waals surface area contributed by atoms with Crippen LogP contribution < -0.4 is 0 Å². The molecule has 0 saturated carbocycles. The van der Waals surface area contributed by atoms with Gasteiger partial charge in [0, 0.05) is 0 Å². The third kappa shape index (κ3) is 3.92. The molecule has 2 aliphatic carbocycles. The third-order valence-electron chi connectivity index (χ3n) is 4.97. The Bertz CT molecular complexity index is 497. The molecule has 0 heterocycles. The molecule has 118 valence electrons. The Hall–Kier alpha value is -0.297. The van der Waals surface area contributed by atoms with Gasteiger partial charge in [-0.3, -0.25) is 9.41 Å². The van der Waals surface area contributed by atoms with Gasteiger partial charge in [-0.25, -0.2) is 0 Å². The van der Waals surface area contributed by atoms with Gasteiger partial charge in [-0.15, -0.1) is 0 Å². The molecule has 0 aromatic heterocycles. The van der Waals surface area contributed by atoms with E-state index in [4.69, 9.17) is 0 Å². The second-order valence-corrected chi connectivity index (χ2v) is 9.56. The van der Waals surface area contributed by atoms with E-state index < -0.39 is 23.2 Å². The third-order valence-corrected chi connectivity index (χ3v) is 9.56. The van der Waals surface area contributed by atoms with Crippen molar-refractivity contribution < 1.29 is 32.6 Å². The molecule has 0 aliphatic heterocycles. The van der Waals surface area contributed by atoms with Crippen molar-refractivity contribution in [3.05, 3.63) is 41.5 Å². The zero-order valence-electron chi connectivity index (χ0n) is 13.9. The fraction of sp³-hybridized carbons (Fsp3) is 0.556. The van der Waals surface area contributed by atoms with Crippen LogP contribution in [-0.2, 0) is 23.2 Å². The molecule has 0 aromatic rings. The van der Waals surface area contributed by atoms with Crippen molar-refractivity contribution in [3.63, 3.8) is 0 Å². The molecule has 2 aliphatic rings. The predicted molar refractivity (Wildman–Crippen MR) is 85.6 cm³/mol. The molecule has 1 atom stereocenters. The molecule has 0 amide bonds. The van der Waals surface area contributed by atoms with Crippen LogP contribution in [0, 0.1) is 5.41 Å². The van der Waals surface area contributed by atoms with Gasteiger partial charge in [0.2, 0.25) is 0 Å². The normalized spacial score (nSPS) is 24.0. The summed E-state index contributed by atoms with van der Waals surface area (Å²) < 4.78 is 3.61. The van der Waals surface area contributed by atoms with E-state index in [0.29, 0.717) is 5.41 Å². The van der Waals surface area contributed by atoms with Gasteiger partial charge in [-0.2, -0.15) is 0 Å². The van der Waals surface area contributed by atoms with Crippen LogP contribution in [0.1, 0.15) is 60.3 Å². The molecule has 0 saturated heterocycles. The molecule has 0 nitrogen and oxygen atoms in total. The maximum Gasteiger partial charge on any atom is -0.269 e. The average molecular weight is 374 g/mol. The first-order valence-electron chi connectivity index (χ1n) is 7.53. The van der Waals surface area contributed by atoms with Crippen molar-refractivity contribution in [3.8, 4) is 0 Å². The fourth-order valence-electron chi connectivity index (χ4n) is 3.26. The van der Waals surface area contributed by atoms with Crippen LogP contribution in [0.3, 0.4) is 0 Å². The van der Waals surface area contributed by atoms with E-state index in [9.17, 15) is 0 Å². The van der Waals surface area contributed by atoms with Crippen LogP contribution in [0.25, 0.3) is 0 Å². The summed E-state index contributed by atoms with van der Waals surface area (Å²) >= 11 is -0.560. The predicted octanol–water partition coefficient (Wildman–Crippen LogP) is 6.04. The van der Waals surface area contributed by atoms with Crippen LogP contribution in [0.2, 0.25) is 0 Å². The van der Waals surface area contributed by atoms with Crippen molar-refractivity contribution >= 4 is 0 Å². The van der Waals surface area contributed by atoms with E-state index in [2.05, 4.69) is 52.8 Å². The Morgan fingerprint density at radius 2 is 1.81 bits per heavy atom. The number of allylic oxidation sites excluding steroid dienone is 8. The molecule has 2 rings (SSSR count). The van der Waals surface area contributed by atoms with E-state index in [1.807, 2.05) is 3.28 Å². The van der Waals surface area contributed by atoms with Crippen LogP contribution >= 0.6 is 0 Å². The van der Waals surface area contributed by atoms with Gasteiger partial charge in [0.05, 0.1) is 0 Å². The molecular formula is C18H28F2Zr. The Morgan fingerprint density at radius 3 is 2.33 bits per heavy atom. The summed E-state index contributed by atoms with van der Waals surface area (Å²) in [6, 6.07) is 0. The number of halogens is 2. The largest absolute Gasteiger partial charge is 0.269 e. The van der Waals surface area contributed by atoms with E-state index in [-0.39, 0.29) is 9.41 Å². The van der Waals surface area contributed by atoms with Crippen molar-refractivity contribution in [2.45, 2.75) is 60.3 Å². The second-order valence-electron chi connectivity index (χ2n) is 6.13. The first-order valence-corrected chi connectivity index (χ1v) is 9.99. The molecular weight excluding hydrogens is 345 g/mol. The zero-order valence-corrected chi connectivity index (χ0v) is 16.3. The Morgan fingerprint density at radius 1 is 1.14 bits per heavy atom. The van der Waals surface area contributed by atoms with E-state index in [1.54, 1.807) is 20.0 Å². The summed E-state index contributed by atoms with van der Waals surface area (Å²) in [6.45, 7) is 11.9.